The molecule has 0 radical (unpaired) electrons. The molecule has 0 unspecified atom stereocenters. The highest BCUT2D eigenvalue weighted by molar-refractivity contribution is 14.0. The molecule has 0 saturated carbocycles. The third-order valence-corrected chi connectivity index (χ3v) is 4.77. The summed E-state index contributed by atoms with van der Waals surface area (Å²) < 4.78 is 5.38. The molecule has 0 aromatic carbocycles. The molecule has 0 aliphatic carbocycles. The van der Waals surface area contributed by atoms with E-state index in [-0.39, 0.29) is 36.4 Å². The van der Waals surface area contributed by atoms with Crippen LogP contribution in [-0.2, 0) is 9.53 Å². The highest BCUT2D eigenvalue weighted by Gasteiger charge is 2.10. The summed E-state index contributed by atoms with van der Waals surface area (Å²) in [7, 11) is 3.52. The minimum atomic E-state index is 0. The molecule has 0 atom stereocenters. The quantitative estimate of drug-likeness (QED) is 0.172. The molecular weight excluding hydrogens is 469 g/mol. The number of aliphatic imine (C=N–C) groups is 1. The lowest BCUT2D eigenvalue weighted by Crippen LogP contribution is -2.45. The highest BCUT2D eigenvalue weighted by atomic mass is 127. The van der Waals surface area contributed by atoms with E-state index in [0.29, 0.717) is 0 Å². The first-order valence-corrected chi connectivity index (χ1v) is 10.7. The van der Waals surface area contributed by atoms with E-state index in [4.69, 9.17) is 4.74 Å². The lowest BCUT2D eigenvalue weighted by Gasteiger charge is -2.26. The second-order valence-electron chi connectivity index (χ2n) is 7.38. The number of guanidine groups is 1. The molecule has 1 saturated heterocycles. The van der Waals surface area contributed by atoms with Crippen LogP contribution in [0.15, 0.2) is 4.99 Å². The topological polar surface area (TPSA) is 69.2 Å². The van der Waals surface area contributed by atoms with Gasteiger partial charge in [0, 0.05) is 46.8 Å². The van der Waals surface area contributed by atoms with Gasteiger partial charge in [-0.05, 0) is 6.42 Å². The molecule has 166 valence electrons. The number of amides is 1. The second kappa shape index (κ2) is 18.4. The van der Waals surface area contributed by atoms with E-state index in [2.05, 4.69) is 27.4 Å². The van der Waals surface area contributed by atoms with Crippen LogP contribution in [-0.4, -0.2) is 88.2 Å². The average molecular weight is 511 g/mol. The molecule has 1 fully saturated rings. The number of nitrogens with one attached hydrogen (secondary N) is 2. The summed E-state index contributed by atoms with van der Waals surface area (Å²) in [6, 6.07) is 0. The van der Waals surface area contributed by atoms with Crippen LogP contribution in [0.1, 0.15) is 51.9 Å². The summed E-state index contributed by atoms with van der Waals surface area (Å²) in [4.78, 5) is 20.2. The number of hydrogen-bond acceptors (Lipinski definition) is 4. The second-order valence-corrected chi connectivity index (χ2v) is 7.38. The zero-order valence-corrected chi connectivity index (χ0v) is 20.5. The van der Waals surface area contributed by atoms with Gasteiger partial charge >= 0.3 is 0 Å². The number of nitrogens with zero attached hydrogens (tertiary/aromatic N) is 3. The van der Waals surface area contributed by atoms with E-state index in [9.17, 15) is 4.79 Å². The molecular formula is C20H42IN5O2. The number of halogens is 1. The fourth-order valence-corrected chi connectivity index (χ4v) is 2.91. The third-order valence-electron chi connectivity index (χ3n) is 4.77. The predicted octanol–water partition coefficient (Wildman–Crippen LogP) is 2.31. The molecule has 28 heavy (non-hydrogen) atoms. The number of unbranched alkanes of at least 4 members (excludes halogenated alkanes) is 6. The van der Waals surface area contributed by atoms with Crippen molar-refractivity contribution >= 4 is 35.8 Å². The van der Waals surface area contributed by atoms with Crippen molar-refractivity contribution in [2.75, 3.05) is 66.6 Å². The standard InChI is InChI=1S/C20H41N5O2.HI/c1-4-5-6-7-8-9-10-11-21-20(23-18-19(26)24(2)3)22-12-13-25-14-16-27-17-15-25;/h4-18H2,1-3H3,(H2,21,22,23);1H. The summed E-state index contributed by atoms with van der Waals surface area (Å²) in [6.07, 6.45) is 9.02. The lowest BCUT2D eigenvalue weighted by molar-refractivity contribution is -0.127. The minimum absolute atomic E-state index is 0. The van der Waals surface area contributed by atoms with Crippen LogP contribution in [0.5, 0.6) is 0 Å². The van der Waals surface area contributed by atoms with E-state index in [1.165, 1.54) is 38.5 Å². The van der Waals surface area contributed by atoms with Gasteiger partial charge in [-0.15, -0.1) is 24.0 Å². The highest BCUT2D eigenvalue weighted by Crippen LogP contribution is 2.06. The maximum atomic E-state index is 11.8. The van der Waals surface area contributed by atoms with Gasteiger partial charge in [0.05, 0.1) is 13.2 Å². The molecule has 1 amide bonds. The van der Waals surface area contributed by atoms with Crippen molar-refractivity contribution in [1.82, 2.24) is 20.4 Å². The van der Waals surface area contributed by atoms with E-state index in [0.717, 1.165) is 58.3 Å². The zero-order valence-electron chi connectivity index (χ0n) is 18.2. The van der Waals surface area contributed by atoms with Crippen LogP contribution in [0.25, 0.3) is 0 Å². The first kappa shape index (κ1) is 27.4. The molecule has 0 spiro atoms. The smallest absolute Gasteiger partial charge is 0.243 e. The van der Waals surface area contributed by atoms with Crippen LogP contribution in [0.3, 0.4) is 0 Å². The molecule has 1 heterocycles. The number of morpholine rings is 1. The van der Waals surface area contributed by atoms with Gasteiger partial charge in [-0.25, -0.2) is 4.99 Å². The number of carbonyl (C=O) groups is 1. The van der Waals surface area contributed by atoms with E-state index >= 15 is 0 Å². The Balaban J connectivity index is 0.00000729. The van der Waals surface area contributed by atoms with Crippen LogP contribution < -0.4 is 10.6 Å². The van der Waals surface area contributed by atoms with Gasteiger partial charge in [0.25, 0.3) is 0 Å². The van der Waals surface area contributed by atoms with Crippen molar-refractivity contribution in [1.29, 1.82) is 0 Å². The SMILES string of the molecule is CCCCCCCCCNC(=NCC(=O)N(C)C)NCCN1CCOCC1.I. The molecule has 0 aromatic rings. The summed E-state index contributed by atoms with van der Waals surface area (Å²) in [5.74, 6) is 0.754. The van der Waals surface area contributed by atoms with Crippen molar-refractivity contribution in [2.24, 2.45) is 4.99 Å². The van der Waals surface area contributed by atoms with Gasteiger partial charge in [-0.1, -0.05) is 45.4 Å². The van der Waals surface area contributed by atoms with Gasteiger partial charge < -0.3 is 20.3 Å². The number of likely N-dealkylation sites (N-methyl/N-ethyl adjacent to an activating group) is 1. The first-order valence-electron chi connectivity index (χ1n) is 10.7. The number of hydrogen-bond donors (Lipinski definition) is 2. The largest absolute Gasteiger partial charge is 0.379 e. The van der Waals surface area contributed by atoms with Crippen molar-refractivity contribution in [3.05, 3.63) is 0 Å². The summed E-state index contributed by atoms with van der Waals surface area (Å²) in [5.41, 5.74) is 0. The molecule has 8 heteroatoms. The van der Waals surface area contributed by atoms with Gasteiger partial charge in [-0.3, -0.25) is 9.69 Å². The Morgan fingerprint density at radius 3 is 2.25 bits per heavy atom. The Morgan fingerprint density at radius 1 is 1.00 bits per heavy atom. The van der Waals surface area contributed by atoms with Crippen molar-refractivity contribution in [2.45, 2.75) is 51.9 Å². The molecule has 1 aliphatic rings. The molecule has 0 bridgehead atoms. The van der Waals surface area contributed by atoms with Gasteiger partial charge in [-0.2, -0.15) is 0 Å². The van der Waals surface area contributed by atoms with Gasteiger partial charge in [0.1, 0.15) is 6.54 Å². The zero-order chi connectivity index (χ0) is 19.7. The summed E-state index contributed by atoms with van der Waals surface area (Å²) in [6.45, 7) is 8.70. The number of rotatable bonds is 13. The van der Waals surface area contributed by atoms with Crippen LogP contribution in [0.4, 0.5) is 0 Å². The van der Waals surface area contributed by atoms with E-state index in [1.807, 2.05) is 0 Å². The first-order chi connectivity index (χ1) is 13.1. The van der Waals surface area contributed by atoms with Gasteiger partial charge in [0.15, 0.2) is 5.96 Å². The molecule has 1 rings (SSSR count). The lowest BCUT2D eigenvalue weighted by atomic mass is 10.1. The van der Waals surface area contributed by atoms with Crippen LogP contribution in [0, 0.1) is 0 Å². The van der Waals surface area contributed by atoms with E-state index in [1.54, 1.807) is 19.0 Å². The number of ether oxygens (including phenoxy) is 1. The average Bonchev–Trinajstić information content (AvgIpc) is 2.68. The Kier molecular flexibility index (Phi) is 18.0. The summed E-state index contributed by atoms with van der Waals surface area (Å²) >= 11 is 0. The fourth-order valence-electron chi connectivity index (χ4n) is 2.91. The molecule has 1 aliphatic heterocycles. The summed E-state index contributed by atoms with van der Waals surface area (Å²) in [5, 5.41) is 6.74. The van der Waals surface area contributed by atoms with Gasteiger partial charge in [0.2, 0.25) is 5.91 Å². The fraction of sp³-hybridized carbons (Fsp3) is 0.900. The normalized spacial score (nSPS) is 15.0. The maximum Gasteiger partial charge on any atom is 0.243 e. The third kappa shape index (κ3) is 14.4. The monoisotopic (exact) mass is 511 g/mol. The molecule has 7 nitrogen and oxygen atoms in total. The molecule has 0 aromatic heterocycles. The van der Waals surface area contributed by atoms with Crippen molar-refractivity contribution in [3.63, 3.8) is 0 Å². The maximum absolute atomic E-state index is 11.8. The van der Waals surface area contributed by atoms with Crippen LogP contribution >= 0.6 is 24.0 Å². The number of carbonyl (C=O) groups excluding carboxylic acids is 1. The predicted molar refractivity (Wildman–Crippen MR) is 128 cm³/mol. The Hall–Kier alpha value is -0.610. The van der Waals surface area contributed by atoms with Crippen molar-refractivity contribution in [3.8, 4) is 0 Å². The van der Waals surface area contributed by atoms with E-state index < -0.39 is 0 Å². The van der Waals surface area contributed by atoms with Crippen LogP contribution in [0.2, 0.25) is 0 Å². The Morgan fingerprint density at radius 2 is 1.61 bits per heavy atom. The molecule has 2 N–H and O–H groups in total. The Labute approximate surface area is 189 Å². The minimum Gasteiger partial charge on any atom is -0.379 e. The Bertz CT molecular complexity index is 415. The van der Waals surface area contributed by atoms with Crippen molar-refractivity contribution < 1.29 is 9.53 Å².